The lowest BCUT2D eigenvalue weighted by Gasteiger charge is -2.46. The van der Waals surface area contributed by atoms with Crippen LogP contribution in [-0.4, -0.2) is 46.2 Å². The van der Waals surface area contributed by atoms with E-state index >= 15 is 0 Å². The molecule has 5 atom stereocenters. The maximum Gasteiger partial charge on any atom is 0.156 e. The van der Waals surface area contributed by atoms with Crippen LogP contribution in [0.2, 0.25) is 5.02 Å². The molecule has 6 aromatic carbocycles. The van der Waals surface area contributed by atoms with Gasteiger partial charge in [0.05, 0.1) is 38.6 Å². The van der Waals surface area contributed by atoms with Crippen LogP contribution >= 0.6 is 11.6 Å². The van der Waals surface area contributed by atoms with Crippen LogP contribution in [0.4, 0.5) is 0 Å². The molecule has 9 heteroatoms. The van der Waals surface area contributed by atoms with Crippen molar-refractivity contribution >= 4 is 22.6 Å². The van der Waals surface area contributed by atoms with Crippen LogP contribution in [0, 0.1) is 6.92 Å². The molecule has 0 aliphatic carbocycles. The lowest BCUT2D eigenvalue weighted by atomic mass is 9.89. The van der Waals surface area contributed by atoms with Gasteiger partial charge in [-0.05, 0) is 64.1 Å². The predicted octanol–water partition coefficient (Wildman–Crippen LogP) is 9.99. The molecule has 8 nitrogen and oxygen atoms in total. The molecular weight excluding hydrogens is 746 g/mol. The fourth-order valence-electron chi connectivity index (χ4n) is 7.29. The first-order valence-corrected chi connectivity index (χ1v) is 20.1. The molecular formula is C49H46ClN3O5. The van der Waals surface area contributed by atoms with E-state index in [-0.39, 0.29) is 6.61 Å². The number of aryl methyl sites for hydroxylation is 1. The number of ether oxygens (including phenoxy) is 5. The molecule has 7 aromatic rings. The maximum atomic E-state index is 7.17. The van der Waals surface area contributed by atoms with Crippen LogP contribution in [0.15, 0.2) is 158 Å². The highest BCUT2D eigenvalue weighted by Gasteiger charge is 2.49. The molecule has 0 saturated carbocycles. The summed E-state index contributed by atoms with van der Waals surface area (Å²) in [5, 5.41) is 9.53. The molecule has 1 aliphatic heterocycles. The Bertz CT molecular complexity index is 2350. The molecule has 0 unspecified atom stereocenters. The van der Waals surface area contributed by atoms with Crippen LogP contribution in [-0.2, 0) is 56.5 Å². The summed E-state index contributed by atoms with van der Waals surface area (Å²) in [7, 11) is 0. The molecule has 294 valence electrons. The van der Waals surface area contributed by atoms with Gasteiger partial charge in [0.1, 0.15) is 36.0 Å². The minimum Gasteiger partial charge on any atom is -0.374 e. The number of fused-ring (bicyclic) bond motifs is 1. The van der Waals surface area contributed by atoms with Crippen LogP contribution in [0.3, 0.4) is 0 Å². The molecule has 1 fully saturated rings. The standard InChI is InChI=1S/C49H46ClN3O5/c1-34-22-25-42-43(26-34)52-53-45(51-42)28-40-27-39(23-24-41(40)50)46-48(56-31-37-18-10-4-11-19-37)49(57-32-38-20-12-5-13-21-38)47(55-30-36-16-8-3-9-17-36)44(58-46)33-54-29-35-14-6-2-7-15-35/h2-27,44,46-49H,28-33H2,1H3/t44-,46+,47-,48+,49+/m1/s1. The van der Waals surface area contributed by atoms with Crippen molar-refractivity contribution in [3.8, 4) is 0 Å². The Labute approximate surface area is 344 Å². The van der Waals surface area contributed by atoms with E-state index in [2.05, 4.69) is 64.8 Å². The normalized spacial score (nSPS) is 19.3. The zero-order valence-corrected chi connectivity index (χ0v) is 33.2. The van der Waals surface area contributed by atoms with Crippen molar-refractivity contribution in [2.45, 2.75) is 70.3 Å². The first-order chi connectivity index (χ1) is 28.6. The molecule has 0 spiro atoms. The van der Waals surface area contributed by atoms with E-state index in [9.17, 15) is 0 Å². The van der Waals surface area contributed by atoms with E-state index in [4.69, 9.17) is 40.3 Å². The number of benzene rings is 6. The average Bonchev–Trinajstić information content (AvgIpc) is 3.27. The van der Waals surface area contributed by atoms with Gasteiger partial charge in [-0.1, -0.05) is 151 Å². The summed E-state index contributed by atoms with van der Waals surface area (Å²) in [6.45, 7) is 3.76. The number of rotatable bonds is 16. The van der Waals surface area contributed by atoms with Gasteiger partial charge in [0.25, 0.3) is 0 Å². The number of hydrogen-bond acceptors (Lipinski definition) is 8. The molecule has 1 aliphatic rings. The third-order valence-electron chi connectivity index (χ3n) is 10.3. The van der Waals surface area contributed by atoms with Gasteiger partial charge < -0.3 is 23.7 Å². The van der Waals surface area contributed by atoms with Gasteiger partial charge >= 0.3 is 0 Å². The highest BCUT2D eigenvalue weighted by atomic mass is 35.5. The maximum absolute atomic E-state index is 7.17. The van der Waals surface area contributed by atoms with Gasteiger partial charge in [-0.3, -0.25) is 0 Å². The Morgan fingerprint density at radius 3 is 1.71 bits per heavy atom. The van der Waals surface area contributed by atoms with E-state index in [1.54, 1.807) is 0 Å². The lowest BCUT2D eigenvalue weighted by molar-refractivity contribution is -0.275. The fraction of sp³-hybridized carbons (Fsp3) is 0.245. The largest absolute Gasteiger partial charge is 0.374 e. The van der Waals surface area contributed by atoms with Gasteiger partial charge in [-0.25, -0.2) is 4.98 Å². The van der Waals surface area contributed by atoms with E-state index < -0.39 is 30.5 Å². The van der Waals surface area contributed by atoms with Gasteiger partial charge in [0.2, 0.25) is 0 Å². The third-order valence-corrected chi connectivity index (χ3v) is 10.7. The van der Waals surface area contributed by atoms with Gasteiger partial charge in [0, 0.05) is 11.4 Å². The van der Waals surface area contributed by atoms with E-state index in [0.29, 0.717) is 43.7 Å². The Morgan fingerprint density at radius 2 is 1.10 bits per heavy atom. The molecule has 0 bridgehead atoms. The van der Waals surface area contributed by atoms with Crippen LogP contribution in [0.1, 0.15) is 50.9 Å². The topological polar surface area (TPSA) is 84.8 Å². The molecule has 1 saturated heterocycles. The summed E-state index contributed by atoms with van der Waals surface area (Å²) in [5.41, 5.74) is 8.55. The first-order valence-electron chi connectivity index (χ1n) is 19.7. The molecule has 0 amide bonds. The van der Waals surface area contributed by atoms with Crippen molar-refractivity contribution < 1.29 is 23.7 Å². The summed E-state index contributed by atoms with van der Waals surface area (Å²) in [6, 6.07) is 52.5. The summed E-state index contributed by atoms with van der Waals surface area (Å²) < 4.78 is 34.4. The summed E-state index contributed by atoms with van der Waals surface area (Å²) in [5.74, 6) is 0.572. The van der Waals surface area contributed by atoms with E-state index in [1.165, 1.54) is 0 Å². The smallest absolute Gasteiger partial charge is 0.156 e. The Kier molecular flexibility index (Phi) is 13.2. The number of halogens is 1. The molecule has 0 N–H and O–H groups in total. The molecule has 2 heterocycles. The quantitative estimate of drug-likeness (QED) is 0.0957. The molecule has 1 aromatic heterocycles. The average molecular weight is 792 g/mol. The second-order valence-corrected chi connectivity index (χ2v) is 15.0. The molecule has 58 heavy (non-hydrogen) atoms. The summed E-state index contributed by atoms with van der Waals surface area (Å²) >= 11 is 6.91. The number of hydrogen-bond donors (Lipinski definition) is 0. The molecule has 0 radical (unpaired) electrons. The Balaban J connectivity index is 1.16. The van der Waals surface area contributed by atoms with Crippen molar-refractivity contribution in [2.24, 2.45) is 0 Å². The zero-order valence-electron chi connectivity index (χ0n) is 32.4. The minimum absolute atomic E-state index is 0.262. The van der Waals surface area contributed by atoms with Crippen LogP contribution in [0.25, 0.3) is 11.0 Å². The SMILES string of the molecule is Cc1ccc2nc(Cc3cc([C@@H]4O[C@H](COCc5ccccc5)[C@@H](OCc5ccccc5)[C@H](OCc5ccccc5)[C@H]4OCc4ccccc4)ccc3Cl)nnc2c1. The van der Waals surface area contributed by atoms with Crippen LogP contribution < -0.4 is 0 Å². The second-order valence-electron chi connectivity index (χ2n) is 14.6. The Hall–Kier alpha value is -5.32. The first kappa shape index (κ1) is 39.5. The third kappa shape index (κ3) is 10.2. The Morgan fingerprint density at radius 1 is 0.552 bits per heavy atom. The van der Waals surface area contributed by atoms with E-state index in [0.717, 1.165) is 50.0 Å². The zero-order chi connectivity index (χ0) is 39.5. The highest BCUT2D eigenvalue weighted by molar-refractivity contribution is 6.31. The van der Waals surface area contributed by atoms with Crippen molar-refractivity contribution in [2.75, 3.05) is 6.61 Å². The van der Waals surface area contributed by atoms with Gasteiger partial charge in [-0.15, -0.1) is 10.2 Å². The minimum atomic E-state index is -0.592. The summed E-state index contributed by atoms with van der Waals surface area (Å²) in [4.78, 5) is 4.82. The summed E-state index contributed by atoms with van der Waals surface area (Å²) in [6.07, 6.45) is -2.43. The van der Waals surface area contributed by atoms with Crippen molar-refractivity contribution in [3.05, 3.63) is 208 Å². The van der Waals surface area contributed by atoms with Gasteiger partial charge in [0.15, 0.2) is 5.82 Å². The van der Waals surface area contributed by atoms with Gasteiger partial charge in [-0.2, -0.15) is 0 Å². The fourth-order valence-corrected chi connectivity index (χ4v) is 7.48. The van der Waals surface area contributed by atoms with Crippen molar-refractivity contribution in [3.63, 3.8) is 0 Å². The molecule has 8 rings (SSSR count). The second kappa shape index (κ2) is 19.4. The number of aromatic nitrogens is 3. The van der Waals surface area contributed by atoms with Crippen molar-refractivity contribution in [1.82, 2.24) is 15.2 Å². The van der Waals surface area contributed by atoms with E-state index in [1.807, 2.05) is 110 Å². The van der Waals surface area contributed by atoms with Crippen molar-refractivity contribution in [1.29, 1.82) is 0 Å². The number of nitrogens with zero attached hydrogens (tertiary/aromatic N) is 3. The van der Waals surface area contributed by atoms with Crippen LogP contribution in [0.5, 0.6) is 0 Å². The lowest BCUT2D eigenvalue weighted by Crippen LogP contribution is -2.58. The monoisotopic (exact) mass is 791 g/mol. The highest BCUT2D eigenvalue weighted by Crippen LogP contribution is 2.40. The predicted molar refractivity (Wildman–Crippen MR) is 225 cm³/mol.